The van der Waals surface area contributed by atoms with Crippen molar-refractivity contribution in [2.75, 3.05) is 33.3 Å². The van der Waals surface area contributed by atoms with Crippen LogP contribution in [0.1, 0.15) is 49.9 Å². The first kappa shape index (κ1) is 17.8. The summed E-state index contributed by atoms with van der Waals surface area (Å²) in [6, 6.07) is 2.41. The molecule has 1 saturated heterocycles. The van der Waals surface area contributed by atoms with E-state index in [4.69, 9.17) is 4.74 Å². The second-order valence-corrected chi connectivity index (χ2v) is 7.03. The highest BCUT2D eigenvalue weighted by Gasteiger charge is 2.39. The molecule has 1 aliphatic carbocycles. The SMILES string of the molecule is Cc1nc([C@H]2CN(CC(=O)N(C)C3(C#N)CCCCC3)CCO2)n[nH]1. The summed E-state index contributed by atoms with van der Waals surface area (Å²) in [6.45, 7) is 3.96. The largest absolute Gasteiger partial charge is 0.367 e. The molecule has 2 aliphatic rings. The van der Waals surface area contributed by atoms with Gasteiger partial charge in [0.1, 0.15) is 17.5 Å². The van der Waals surface area contributed by atoms with Gasteiger partial charge in [-0.25, -0.2) is 4.98 Å². The van der Waals surface area contributed by atoms with Crippen molar-refractivity contribution in [1.29, 1.82) is 5.26 Å². The summed E-state index contributed by atoms with van der Waals surface area (Å²) >= 11 is 0. The maximum absolute atomic E-state index is 12.8. The van der Waals surface area contributed by atoms with Crippen molar-refractivity contribution in [2.24, 2.45) is 0 Å². The number of nitrogens with zero attached hydrogens (tertiary/aromatic N) is 5. The van der Waals surface area contributed by atoms with E-state index in [1.54, 1.807) is 11.9 Å². The van der Waals surface area contributed by atoms with Crippen LogP contribution in [0, 0.1) is 18.3 Å². The molecule has 1 N–H and O–H groups in total. The monoisotopic (exact) mass is 346 g/mol. The first-order chi connectivity index (χ1) is 12.0. The third-order valence-electron chi connectivity index (χ3n) is 5.32. The number of aromatic nitrogens is 3. The van der Waals surface area contributed by atoms with Gasteiger partial charge < -0.3 is 9.64 Å². The topological polar surface area (TPSA) is 98.1 Å². The normalized spacial score (nSPS) is 23.8. The average Bonchev–Trinajstić information content (AvgIpc) is 3.08. The molecule has 0 bridgehead atoms. The molecule has 2 heterocycles. The van der Waals surface area contributed by atoms with Gasteiger partial charge in [0.25, 0.3) is 0 Å². The molecule has 8 heteroatoms. The van der Waals surface area contributed by atoms with Crippen LogP contribution >= 0.6 is 0 Å². The van der Waals surface area contributed by atoms with Crippen LogP contribution in [0.3, 0.4) is 0 Å². The van der Waals surface area contributed by atoms with E-state index >= 15 is 0 Å². The van der Waals surface area contributed by atoms with Crippen molar-refractivity contribution in [3.05, 3.63) is 11.6 Å². The number of likely N-dealkylation sites (N-methyl/N-ethyl adjacent to an activating group) is 1. The van der Waals surface area contributed by atoms with Gasteiger partial charge >= 0.3 is 0 Å². The summed E-state index contributed by atoms with van der Waals surface area (Å²) in [5.74, 6) is 1.37. The van der Waals surface area contributed by atoms with Gasteiger partial charge in [-0.1, -0.05) is 19.3 Å². The van der Waals surface area contributed by atoms with Gasteiger partial charge in [-0.3, -0.25) is 14.8 Å². The molecular weight excluding hydrogens is 320 g/mol. The summed E-state index contributed by atoms with van der Waals surface area (Å²) in [4.78, 5) is 20.8. The zero-order chi connectivity index (χ0) is 17.9. The van der Waals surface area contributed by atoms with E-state index in [0.717, 1.165) is 37.9 Å². The number of nitriles is 1. The molecule has 1 atom stereocenters. The molecule has 1 aromatic heterocycles. The molecule has 1 amide bonds. The lowest BCUT2D eigenvalue weighted by Gasteiger charge is -2.40. The highest BCUT2D eigenvalue weighted by atomic mass is 16.5. The number of ether oxygens (including phenoxy) is 1. The standard InChI is InChI=1S/C17H26N6O2/c1-13-19-16(21-20-13)14-10-23(8-9-25-14)11-15(24)22(2)17(12-18)6-4-3-5-7-17/h14H,3-11H2,1-2H3,(H,19,20,21)/t14-/m1/s1. The Labute approximate surface area is 148 Å². The van der Waals surface area contributed by atoms with Crippen molar-refractivity contribution >= 4 is 5.91 Å². The Morgan fingerprint density at radius 1 is 1.48 bits per heavy atom. The Kier molecular flexibility index (Phi) is 5.35. The van der Waals surface area contributed by atoms with E-state index < -0.39 is 5.54 Å². The molecule has 0 spiro atoms. The minimum absolute atomic E-state index is 0.00438. The second-order valence-electron chi connectivity index (χ2n) is 7.03. The number of hydrogen-bond donors (Lipinski definition) is 1. The highest BCUT2D eigenvalue weighted by molar-refractivity contribution is 5.79. The van der Waals surface area contributed by atoms with Crippen LogP contribution in [0.2, 0.25) is 0 Å². The zero-order valence-electron chi connectivity index (χ0n) is 15.0. The second kappa shape index (κ2) is 7.50. The lowest BCUT2D eigenvalue weighted by molar-refractivity contribution is -0.138. The maximum Gasteiger partial charge on any atom is 0.237 e. The Hall–Kier alpha value is -1.98. The molecule has 8 nitrogen and oxygen atoms in total. The molecule has 1 aromatic rings. The zero-order valence-corrected chi connectivity index (χ0v) is 15.0. The molecular formula is C17H26N6O2. The van der Waals surface area contributed by atoms with Crippen LogP contribution in [-0.2, 0) is 9.53 Å². The van der Waals surface area contributed by atoms with Crippen LogP contribution in [0.5, 0.6) is 0 Å². The Morgan fingerprint density at radius 2 is 2.24 bits per heavy atom. The Balaban J connectivity index is 1.61. The van der Waals surface area contributed by atoms with E-state index in [2.05, 4.69) is 26.2 Å². The van der Waals surface area contributed by atoms with Gasteiger partial charge in [0, 0.05) is 20.1 Å². The van der Waals surface area contributed by atoms with Gasteiger partial charge in [-0.2, -0.15) is 10.4 Å². The predicted molar refractivity (Wildman–Crippen MR) is 90.5 cm³/mol. The van der Waals surface area contributed by atoms with Crippen LogP contribution in [0.15, 0.2) is 0 Å². The lowest BCUT2D eigenvalue weighted by Crippen LogP contribution is -2.53. The first-order valence-electron chi connectivity index (χ1n) is 8.95. The Morgan fingerprint density at radius 3 is 2.88 bits per heavy atom. The van der Waals surface area contributed by atoms with Crippen molar-refractivity contribution in [3.63, 3.8) is 0 Å². The number of carbonyl (C=O) groups is 1. The predicted octanol–water partition coefficient (Wildman–Crippen LogP) is 1.17. The minimum atomic E-state index is -0.637. The van der Waals surface area contributed by atoms with Crippen LogP contribution in [-0.4, -0.2) is 69.7 Å². The van der Waals surface area contributed by atoms with E-state index in [0.29, 0.717) is 32.1 Å². The summed E-state index contributed by atoms with van der Waals surface area (Å²) in [7, 11) is 1.77. The quantitative estimate of drug-likeness (QED) is 0.879. The van der Waals surface area contributed by atoms with Crippen LogP contribution < -0.4 is 0 Å². The van der Waals surface area contributed by atoms with Crippen molar-refractivity contribution in [3.8, 4) is 6.07 Å². The number of aromatic amines is 1. The number of H-pyrrole nitrogens is 1. The van der Waals surface area contributed by atoms with Crippen molar-refractivity contribution in [1.82, 2.24) is 25.0 Å². The van der Waals surface area contributed by atoms with E-state index in [1.165, 1.54) is 0 Å². The number of morpholine rings is 1. The smallest absolute Gasteiger partial charge is 0.237 e. The molecule has 3 rings (SSSR count). The fourth-order valence-corrected chi connectivity index (χ4v) is 3.70. The number of amides is 1. The summed E-state index contributed by atoms with van der Waals surface area (Å²) in [5.41, 5.74) is -0.637. The fourth-order valence-electron chi connectivity index (χ4n) is 3.70. The number of aryl methyl sites for hydroxylation is 1. The van der Waals surface area contributed by atoms with Crippen LogP contribution in [0.25, 0.3) is 0 Å². The van der Waals surface area contributed by atoms with E-state index in [1.807, 2.05) is 6.92 Å². The van der Waals surface area contributed by atoms with E-state index in [9.17, 15) is 10.1 Å². The molecule has 25 heavy (non-hydrogen) atoms. The third kappa shape index (κ3) is 3.83. The minimum Gasteiger partial charge on any atom is -0.367 e. The number of carbonyl (C=O) groups excluding carboxylic acids is 1. The van der Waals surface area contributed by atoms with Gasteiger partial charge in [0.2, 0.25) is 5.91 Å². The van der Waals surface area contributed by atoms with Crippen molar-refractivity contribution in [2.45, 2.75) is 50.7 Å². The lowest BCUT2D eigenvalue weighted by atomic mass is 9.81. The molecule has 1 aliphatic heterocycles. The van der Waals surface area contributed by atoms with Gasteiger partial charge in [-0.05, 0) is 19.8 Å². The number of nitrogens with one attached hydrogen (secondary N) is 1. The molecule has 136 valence electrons. The molecule has 0 radical (unpaired) electrons. The molecule has 1 saturated carbocycles. The summed E-state index contributed by atoms with van der Waals surface area (Å²) in [6.07, 6.45) is 4.48. The maximum atomic E-state index is 12.8. The van der Waals surface area contributed by atoms with E-state index in [-0.39, 0.29) is 12.0 Å². The number of hydrogen-bond acceptors (Lipinski definition) is 6. The van der Waals surface area contributed by atoms with Crippen molar-refractivity contribution < 1.29 is 9.53 Å². The first-order valence-corrected chi connectivity index (χ1v) is 8.95. The summed E-state index contributed by atoms with van der Waals surface area (Å²) in [5, 5.41) is 16.6. The van der Waals surface area contributed by atoms with Gasteiger partial charge in [0.05, 0.1) is 19.2 Å². The third-order valence-corrected chi connectivity index (χ3v) is 5.32. The average molecular weight is 346 g/mol. The Bertz CT molecular complexity index is 646. The van der Waals surface area contributed by atoms with Crippen LogP contribution in [0.4, 0.5) is 0 Å². The van der Waals surface area contributed by atoms with Gasteiger partial charge in [0.15, 0.2) is 5.82 Å². The fraction of sp³-hybridized carbons (Fsp3) is 0.765. The highest BCUT2D eigenvalue weighted by Crippen LogP contribution is 2.32. The summed E-state index contributed by atoms with van der Waals surface area (Å²) < 4.78 is 5.74. The number of rotatable bonds is 4. The molecule has 2 fully saturated rings. The molecule has 0 unspecified atom stereocenters. The van der Waals surface area contributed by atoms with Gasteiger partial charge in [-0.15, -0.1) is 0 Å². The molecule has 0 aromatic carbocycles.